The molecule has 7 nitrogen and oxygen atoms in total. The summed E-state index contributed by atoms with van der Waals surface area (Å²) in [4.78, 5) is 12.3. The number of methoxy groups -OCH3 is 1. The van der Waals surface area contributed by atoms with E-state index < -0.39 is 16.1 Å². The Kier molecular flexibility index (Phi) is 6.33. The number of ether oxygens (including phenoxy) is 1. The van der Waals surface area contributed by atoms with Crippen LogP contribution >= 0.6 is 11.6 Å². The number of sulfonamides is 1. The van der Waals surface area contributed by atoms with Gasteiger partial charge in [-0.2, -0.15) is 0 Å². The largest absolute Gasteiger partial charge is 0.495 e. The lowest BCUT2D eigenvalue weighted by Gasteiger charge is -2.17. The lowest BCUT2D eigenvalue weighted by molar-refractivity contribution is -0.116. The van der Waals surface area contributed by atoms with Crippen LogP contribution in [0.1, 0.15) is 6.92 Å². The lowest BCUT2D eigenvalue weighted by Crippen LogP contribution is -2.32. The molecule has 9 heteroatoms. The molecule has 26 heavy (non-hydrogen) atoms. The van der Waals surface area contributed by atoms with E-state index in [4.69, 9.17) is 16.3 Å². The number of hydrogen-bond donors (Lipinski definition) is 3. The Morgan fingerprint density at radius 1 is 1.15 bits per heavy atom. The zero-order chi connectivity index (χ0) is 19.3. The van der Waals surface area contributed by atoms with Gasteiger partial charge in [-0.15, -0.1) is 0 Å². The molecule has 1 atom stereocenters. The average Bonchev–Trinajstić information content (AvgIpc) is 2.55. The maximum absolute atomic E-state index is 12.3. The van der Waals surface area contributed by atoms with Gasteiger partial charge < -0.3 is 15.4 Å². The average molecular weight is 398 g/mol. The lowest BCUT2D eigenvalue weighted by atomic mass is 10.2. The fourth-order valence-corrected chi connectivity index (χ4v) is 2.94. The summed E-state index contributed by atoms with van der Waals surface area (Å²) in [6, 6.07) is 11.2. The second-order valence-electron chi connectivity index (χ2n) is 5.62. The molecule has 0 spiro atoms. The molecule has 1 amide bonds. The Bertz CT molecular complexity index is 903. The SMILES string of the molecule is COc1ccc(NC(C)C(=O)Nc2ccccc2Cl)cc1NS(C)(=O)=O. The molecule has 140 valence electrons. The molecule has 0 aromatic heterocycles. The van der Waals surface area contributed by atoms with Crippen LogP contribution in [0.2, 0.25) is 5.02 Å². The van der Waals surface area contributed by atoms with Crippen LogP contribution < -0.4 is 20.1 Å². The monoisotopic (exact) mass is 397 g/mol. The molecule has 0 aliphatic heterocycles. The number of anilines is 3. The highest BCUT2D eigenvalue weighted by Gasteiger charge is 2.16. The maximum atomic E-state index is 12.3. The van der Waals surface area contributed by atoms with Gasteiger partial charge in [0.2, 0.25) is 15.9 Å². The van der Waals surface area contributed by atoms with Gasteiger partial charge in [-0.25, -0.2) is 8.42 Å². The minimum Gasteiger partial charge on any atom is -0.495 e. The van der Waals surface area contributed by atoms with Crippen LogP contribution in [-0.4, -0.2) is 33.7 Å². The highest BCUT2D eigenvalue weighted by Crippen LogP contribution is 2.29. The fraction of sp³-hybridized carbons (Fsp3) is 0.235. The third-order valence-electron chi connectivity index (χ3n) is 3.40. The molecule has 0 bridgehead atoms. The second kappa shape index (κ2) is 8.29. The van der Waals surface area contributed by atoms with Gasteiger partial charge in [-0.05, 0) is 37.3 Å². The molecule has 0 fully saturated rings. The molecular weight excluding hydrogens is 378 g/mol. The Morgan fingerprint density at radius 3 is 2.46 bits per heavy atom. The van der Waals surface area contributed by atoms with Crippen LogP contribution in [0.5, 0.6) is 5.75 Å². The van der Waals surface area contributed by atoms with Gasteiger partial charge in [0, 0.05) is 5.69 Å². The Hall–Kier alpha value is -2.45. The number of carbonyl (C=O) groups is 1. The standard InChI is InChI=1S/C17H20ClN3O4S/c1-11(17(22)20-14-7-5-4-6-13(14)18)19-12-8-9-16(25-2)15(10-12)21-26(3,23)24/h4-11,19,21H,1-3H3,(H,20,22). The van der Waals surface area contributed by atoms with E-state index in [2.05, 4.69) is 15.4 Å². The molecule has 3 N–H and O–H groups in total. The Morgan fingerprint density at radius 2 is 1.85 bits per heavy atom. The minimum atomic E-state index is -3.47. The van der Waals surface area contributed by atoms with E-state index in [1.165, 1.54) is 7.11 Å². The number of rotatable bonds is 7. The van der Waals surface area contributed by atoms with Crippen molar-refractivity contribution in [1.82, 2.24) is 0 Å². The number of nitrogens with one attached hydrogen (secondary N) is 3. The van der Waals surface area contributed by atoms with Gasteiger partial charge >= 0.3 is 0 Å². The molecule has 0 radical (unpaired) electrons. The van der Waals surface area contributed by atoms with Gasteiger partial charge in [0.15, 0.2) is 0 Å². The molecule has 0 aliphatic rings. The Labute approximate surface area is 157 Å². The van der Waals surface area contributed by atoms with Crippen molar-refractivity contribution in [2.45, 2.75) is 13.0 Å². The first-order valence-corrected chi connectivity index (χ1v) is 9.94. The second-order valence-corrected chi connectivity index (χ2v) is 7.78. The highest BCUT2D eigenvalue weighted by molar-refractivity contribution is 7.92. The molecule has 1 unspecified atom stereocenters. The third-order valence-corrected chi connectivity index (χ3v) is 4.32. The summed E-state index contributed by atoms with van der Waals surface area (Å²) >= 11 is 6.03. The van der Waals surface area contributed by atoms with Crippen molar-refractivity contribution >= 4 is 44.6 Å². The number of halogens is 1. The number of para-hydroxylation sites is 1. The van der Waals surface area contributed by atoms with Crippen molar-refractivity contribution in [2.24, 2.45) is 0 Å². The van der Waals surface area contributed by atoms with E-state index in [1.807, 2.05) is 0 Å². The minimum absolute atomic E-state index is 0.277. The van der Waals surface area contributed by atoms with Gasteiger partial charge in [0.1, 0.15) is 11.8 Å². The molecule has 0 heterocycles. The molecular formula is C17H20ClN3O4S. The summed E-state index contributed by atoms with van der Waals surface area (Å²) in [6.07, 6.45) is 1.05. The zero-order valence-electron chi connectivity index (χ0n) is 14.5. The van der Waals surface area contributed by atoms with Gasteiger partial charge in [-0.1, -0.05) is 23.7 Å². The summed E-state index contributed by atoms with van der Waals surface area (Å²) in [5.41, 5.74) is 1.35. The molecule has 2 aromatic carbocycles. The van der Waals surface area contributed by atoms with Gasteiger partial charge in [-0.3, -0.25) is 9.52 Å². The number of carbonyl (C=O) groups excluding carboxylic acids is 1. The van der Waals surface area contributed by atoms with Crippen LogP contribution in [0, 0.1) is 0 Å². The van der Waals surface area contributed by atoms with Crippen molar-refractivity contribution in [3.05, 3.63) is 47.5 Å². The van der Waals surface area contributed by atoms with E-state index in [0.717, 1.165) is 6.26 Å². The summed E-state index contributed by atoms with van der Waals surface area (Å²) in [6.45, 7) is 1.68. The molecule has 0 saturated heterocycles. The quantitative estimate of drug-likeness (QED) is 0.666. The predicted octanol–water partition coefficient (Wildman–Crippen LogP) is 3.16. The summed E-state index contributed by atoms with van der Waals surface area (Å²) in [5, 5.41) is 6.19. The van der Waals surface area contributed by atoms with E-state index in [-0.39, 0.29) is 11.6 Å². The van der Waals surface area contributed by atoms with Crippen molar-refractivity contribution in [3.63, 3.8) is 0 Å². The van der Waals surface area contributed by atoms with Gasteiger partial charge in [0.25, 0.3) is 0 Å². The normalized spacial score (nSPS) is 12.2. The first-order valence-electron chi connectivity index (χ1n) is 7.67. The van der Waals surface area contributed by atoms with Gasteiger partial charge in [0.05, 0.1) is 29.8 Å². The molecule has 2 rings (SSSR count). The maximum Gasteiger partial charge on any atom is 0.246 e. The number of hydrogen-bond acceptors (Lipinski definition) is 5. The number of amides is 1. The smallest absolute Gasteiger partial charge is 0.246 e. The predicted molar refractivity (Wildman–Crippen MR) is 105 cm³/mol. The van der Waals surface area contributed by atoms with E-state index >= 15 is 0 Å². The first kappa shape index (κ1) is 19.9. The van der Waals surface area contributed by atoms with Crippen LogP contribution in [0.15, 0.2) is 42.5 Å². The van der Waals surface area contributed by atoms with E-state index in [9.17, 15) is 13.2 Å². The zero-order valence-corrected chi connectivity index (χ0v) is 16.1. The molecule has 0 aliphatic carbocycles. The topological polar surface area (TPSA) is 96.5 Å². The summed E-state index contributed by atoms with van der Waals surface area (Å²) < 4.78 is 30.5. The third kappa shape index (κ3) is 5.53. The van der Waals surface area contributed by atoms with Crippen LogP contribution in [0.4, 0.5) is 17.1 Å². The van der Waals surface area contributed by atoms with Crippen molar-refractivity contribution < 1.29 is 17.9 Å². The van der Waals surface area contributed by atoms with Crippen molar-refractivity contribution in [2.75, 3.05) is 28.7 Å². The van der Waals surface area contributed by atoms with Crippen molar-refractivity contribution in [1.29, 1.82) is 0 Å². The number of benzene rings is 2. The summed E-state index contributed by atoms with van der Waals surface area (Å²) in [7, 11) is -2.03. The summed E-state index contributed by atoms with van der Waals surface area (Å²) in [5.74, 6) is 0.0840. The molecule has 0 saturated carbocycles. The van der Waals surface area contributed by atoms with Crippen LogP contribution in [-0.2, 0) is 14.8 Å². The molecule has 2 aromatic rings. The van der Waals surface area contributed by atoms with Crippen LogP contribution in [0.25, 0.3) is 0 Å². The van der Waals surface area contributed by atoms with E-state index in [1.54, 1.807) is 49.4 Å². The van der Waals surface area contributed by atoms with Crippen molar-refractivity contribution in [3.8, 4) is 5.75 Å². The fourth-order valence-electron chi connectivity index (χ4n) is 2.20. The first-order chi connectivity index (χ1) is 12.2. The highest BCUT2D eigenvalue weighted by atomic mass is 35.5. The Balaban J connectivity index is 2.13. The van der Waals surface area contributed by atoms with Crippen LogP contribution in [0.3, 0.4) is 0 Å². The van der Waals surface area contributed by atoms with E-state index in [0.29, 0.717) is 22.1 Å².